The molecule has 0 aliphatic carbocycles. The van der Waals surface area contributed by atoms with Crippen molar-refractivity contribution in [1.29, 1.82) is 0 Å². The Morgan fingerprint density at radius 2 is 1.74 bits per heavy atom. The van der Waals surface area contributed by atoms with Gasteiger partial charge in [0.1, 0.15) is 11.2 Å². The summed E-state index contributed by atoms with van der Waals surface area (Å²) in [4.78, 5) is 38.2. The fraction of sp³-hybridized carbons (Fsp3) is 0.179. The maximum Gasteiger partial charge on any atom is 0.224 e. The lowest BCUT2D eigenvalue weighted by atomic mass is 9.92. The third-order valence-corrected chi connectivity index (χ3v) is 6.03. The summed E-state index contributed by atoms with van der Waals surface area (Å²) in [6, 6.07) is 9.53. The van der Waals surface area contributed by atoms with Crippen molar-refractivity contribution in [2.75, 3.05) is 5.32 Å². The second-order valence-electron chi connectivity index (χ2n) is 10.3. The van der Waals surface area contributed by atoms with E-state index >= 15 is 0 Å². The van der Waals surface area contributed by atoms with E-state index in [-0.39, 0.29) is 11.3 Å². The van der Waals surface area contributed by atoms with Gasteiger partial charge in [-0.1, -0.05) is 20.8 Å². The summed E-state index contributed by atoms with van der Waals surface area (Å²) >= 11 is 0. The highest BCUT2D eigenvalue weighted by Crippen LogP contribution is 2.32. The summed E-state index contributed by atoms with van der Waals surface area (Å²) in [7, 11) is 0. The molecule has 38 heavy (non-hydrogen) atoms. The van der Waals surface area contributed by atoms with E-state index in [1.54, 1.807) is 37.2 Å². The van der Waals surface area contributed by atoms with E-state index in [1.165, 1.54) is 0 Å². The average Bonchev–Trinajstić information content (AvgIpc) is 3.51. The van der Waals surface area contributed by atoms with Gasteiger partial charge in [0.25, 0.3) is 0 Å². The Morgan fingerprint density at radius 1 is 0.895 bits per heavy atom. The number of fused-ring (bicyclic) bond motifs is 2. The highest BCUT2D eigenvalue weighted by Gasteiger charge is 2.18. The molecule has 0 saturated heterocycles. The number of rotatable bonds is 5. The Morgan fingerprint density at radius 3 is 2.55 bits per heavy atom. The Labute approximate surface area is 218 Å². The zero-order valence-electron chi connectivity index (χ0n) is 21.1. The molecule has 6 aromatic rings. The summed E-state index contributed by atoms with van der Waals surface area (Å²) in [6.45, 7) is 6.09. The normalized spacial score (nSPS) is 11.8. The molecule has 1 amide bonds. The molecule has 0 unspecified atom stereocenters. The van der Waals surface area contributed by atoms with Crippen molar-refractivity contribution in [3.8, 4) is 34.0 Å². The molecule has 0 atom stereocenters. The van der Waals surface area contributed by atoms with Crippen LogP contribution in [0, 0.1) is 5.41 Å². The molecule has 6 aromatic heterocycles. The largest absolute Gasteiger partial charge is 0.336 e. The third-order valence-electron chi connectivity index (χ3n) is 6.03. The van der Waals surface area contributed by atoms with Crippen LogP contribution in [0.4, 0.5) is 5.69 Å². The van der Waals surface area contributed by atoms with E-state index in [0.29, 0.717) is 29.3 Å². The minimum atomic E-state index is -0.106. The molecule has 0 spiro atoms. The molecule has 0 aliphatic heterocycles. The lowest BCUT2D eigenvalue weighted by Gasteiger charge is -2.17. The predicted molar refractivity (Wildman–Crippen MR) is 146 cm³/mol. The molecule has 0 aromatic carbocycles. The topological polar surface area (TPSA) is 138 Å². The first-order chi connectivity index (χ1) is 18.3. The van der Waals surface area contributed by atoms with Crippen molar-refractivity contribution in [2.45, 2.75) is 27.2 Å². The van der Waals surface area contributed by atoms with Gasteiger partial charge in [-0.05, 0) is 35.7 Å². The minimum absolute atomic E-state index is 0.0532. The Kier molecular flexibility index (Phi) is 5.64. The van der Waals surface area contributed by atoms with Crippen molar-refractivity contribution in [1.82, 2.24) is 40.1 Å². The van der Waals surface area contributed by atoms with Gasteiger partial charge in [0, 0.05) is 47.7 Å². The van der Waals surface area contributed by atoms with E-state index < -0.39 is 0 Å². The molecule has 0 fully saturated rings. The second kappa shape index (κ2) is 9.15. The maximum atomic E-state index is 12.4. The van der Waals surface area contributed by atoms with Gasteiger partial charge in [-0.3, -0.25) is 29.8 Å². The number of imidazole rings is 1. The molecular formula is C28H25N9O. The first-order valence-corrected chi connectivity index (χ1v) is 12.2. The molecule has 3 N–H and O–H groups in total. The van der Waals surface area contributed by atoms with E-state index in [9.17, 15) is 4.79 Å². The Bertz CT molecular complexity index is 1780. The molecule has 6 rings (SSSR count). The van der Waals surface area contributed by atoms with Crippen molar-refractivity contribution >= 4 is 33.5 Å². The van der Waals surface area contributed by atoms with Crippen molar-refractivity contribution < 1.29 is 4.79 Å². The van der Waals surface area contributed by atoms with Gasteiger partial charge in [0.05, 0.1) is 40.5 Å². The smallest absolute Gasteiger partial charge is 0.224 e. The minimum Gasteiger partial charge on any atom is -0.336 e. The quantitative estimate of drug-likeness (QED) is 0.286. The predicted octanol–water partition coefficient (Wildman–Crippen LogP) is 5.39. The van der Waals surface area contributed by atoms with Crippen molar-refractivity contribution in [2.24, 2.45) is 5.41 Å². The van der Waals surface area contributed by atoms with E-state index in [1.807, 2.05) is 51.1 Å². The molecule has 10 nitrogen and oxygen atoms in total. The van der Waals surface area contributed by atoms with Gasteiger partial charge >= 0.3 is 0 Å². The summed E-state index contributed by atoms with van der Waals surface area (Å²) in [5.74, 6) is 0.565. The highest BCUT2D eigenvalue weighted by atomic mass is 16.1. The molecule has 10 heteroatoms. The van der Waals surface area contributed by atoms with Crippen molar-refractivity contribution in [3.63, 3.8) is 0 Å². The fourth-order valence-electron chi connectivity index (χ4n) is 4.36. The van der Waals surface area contributed by atoms with Gasteiger partial charge < -0.3 is 10.3 Å². The maximum absolute atomic E-state index is 12.4. The van der Waals surface area contributed by atoms with Gasteiger partial charge in [-0.2, -0.15) is 5.10 Å². The van der Waals surface area contributed by atoms with Crippen LogP contribution in [0.25, 0.3) is 56.0 Å². The summed E-state index contributed by atoms with van der Waals surface area (Å²) in [5.41, 5.74) is 6.76. The van der Waals surface area contributed by atoms with Gasteiger partial charge in [0.15, 0.2) is 5.82 Å². The second-order valence-corrected chi connectivity index (χ2v) is 10.3. The molecule has 0 bridgehead atoms. The van der Waals surface area contributed by atoms with E-state index in [2.05, 4.69) is 40.4 Å². The van der Waals surface area contributed by atoms with Crippen LogP contribution in [-0.2, 0) is 4.79 Å². The number of aromatic nitrogens is 8. The lowest BCUT2D eigenvalue weighted by molar-refractivity contribution is -0.117. The SMILES string of the molecule is CC(C)(C)CC(=O)Nc1cncc(-c2cc3c(-c4nc5c(-c6ccncc6)nccc5[nH]4)n[nH]c3cn2)c1. The molecule has 0 aliphatic rings. The summed E-state index contributed by atoms with van der Waals surface area (Å²) < 4.78 is 0. The number of nitrogens with one attached hydrogen (secondary N) is 3. The molecule has 0 saturated carbocycles. The van der Waals surface area contributed by atoms with Crippen LogP contribution in [0.2, 0.25) is 0 Å². The number of aromatic amines is 2. The standard InChI is InChI=1S/C28H25N9O/c1-28(2,3)12-23(38)33-18-10-17(13-30-14-18)21-11-19-22(15-32-21)36-37-25(19)27-34-20-6-9-31-24(26(20)35-27)16-4-7-29-8-5-16/h4-11,13-15H,12H2,1-3H3,(H,33,38)(H,34,35)(H,36,37). The molecule has 0 radical (unpaired) electrons. The van der Waals surface area contributed by atoms with Crippen LogP contribution in [0.5, 0.6) is 0 Å². The summed E-state index contributed by atoms with van der Waals surface area (Å²) in [6.07, 6.45) is 10.7. The van der Waals surface area contributed by atoms with Crippen LogP contribution in [0.3, 0.4) is 0 Å². The number of hydrogen-bond donors (Lipinski definition) is 3. The van der Waals surface area contributed by atoms with Gasteiger partial charge in [-0.25, -0.2) is 4.98 Å². The Hall–Kier alpha value is -4.99. The average molecular weight is 504 g/mol. The van der Waals surface area contributed by atoms with Crippen LogP contribution in [0.15, 0.2) is 67.5 Å². The number of hydrogen-bond acceptors (Lipinski definition) is 7. The van der Waals surface area contributed by atoms with E-state index in [0.717, 1.165) is 38.8 Å². The Balaban J connectivity index is 1.36. The highest BCUT2D eigenvalue weighted by molar-refractivity contribution is 5.97. The number of carbonyl (C=O) groups is 1. The first kappa shape index (κ1) is 23.4. The van der Waals surface area contributed by atoms with Crippen LogP contribution in [0.1, 0.15) is 27.2 Å². The lowest BCUT2D eigenvalue weighted by Crippen LogP contribution is -2.19. The first-order valence-electron chi connectivity index (χ1n) is 12.2. The number of H-pyrrole nitrogens is 2. The number of nitrogens with zero attached hydrogens (tertiary/aromatic N) is 6. The molecule has 6 heterocycles. The van der Waals surface area contributed by atoms with Gasteiger partial charge in [-0.15, -0.1) is 0 Å². The number of pyridine rings is 4. The van der Waals surface area contributed by atoms with Crippen LogP contribution in [-0.4, -0.2) is 46.0 Å². The third kappa shape index (κ3) is 4.59. The number of carbonyl (C=O) groups excluding carboxylic acids is 1. The summed E-state index contributed by atoms with van der Waals surface area (Å²) in [5, 5.41) is 11.4. The van der Waals surface area contributed by atoms with E-state index in [4.69, 9.17) is 4.98 Å². The molecular weight excluding hydrogens is 478 g/mol. The fourth-order valence-corrected chi connectivity index (χ4v) is 4.36. The van der Waals surface area contributed by atoms with Crippen molar-refractivity contribution in [3.05, 3.63) is 67.5 Å². The number of amides is 1. The number of anilines is 1. The molecule has 188 valence electrons. The van der Waals surface area contributed by atoms with Crippen LogP contribution < -0.4 is 5.32 Å². The van der Waals surface area contributed by atoms with Gasteiger partial charge in [0.2, 0.25) is 5.91 Å². The zero-order valence-corrected chi connectivity index (χ0v) is 21.1. The monoisotopic (exact) mass is 503 g/mol. The van der Waals surface area contributed by atoms with Crippen LogP contribution >= 0.6 is 0 Å². The zero-order chi connectivity index (χ0) is 26.3.